The monoisotopic (exact) mass is 229 g/mol. The first-order chi connectivity index (χ1) is 8.24. The van der Waals surface area contributed by atoms with Gasteiger partial charge in [-0.2, -0.15) is 0 Å². The fraction of sp³-hybridized carbons (Fsp3) is 0.333. The van der Waals surface area contributed by atoms with Crippen LogP contribution in [0.5, 0.6) is 5.75 Å². The van der Waals surface area contributed by atoms with E-state index < -0.39 is 0 Å². The van der Waals surface area contributed by atoms with Crippen molar-refractivity contribution in [2.45, 2.75) is 13.3 Å². The smallest absolute Gasteiger partial charge is 0.119 e. The number of benzene rings is 1. The van der Waals surface area contributed by atoms with Gasteiger partial charge in [0.1, 0.15) is 5.75 Å². The molecule has 0 aromatic heterocycles. The van der Waals surface area contributed by atoms with Crippen LogP contribution in [0.25, 0.3) is 5.57 Å². The SMILES string of the molecule is CNc1ccc(OC)cc1C1=CC=CC(C)C1. The zero-order valence-electron chi connectivity index (χ0n) is 10.7. The molecule has 0 saturated heterocycles. The highest BCUT2D eigenvalue weighted by Crippen LogP contribution is 2.33. The summed E-state index contributed by atoms with van der Waals surface area (Å²) in [6, 6.07) is 6.15. The minimum Gasteiger partial charge on any atom is -0.497 e. The molecule has 2 heteroatoms. The fourth-order valence-corrected chi connectivity index (χ4v) is 2.18. The molecule has 1 aliphatic rings. The molecule has 1 atom stereocenters. The van der Waals surface area contributed by atoms with Crippen LogP contribution in [0, 0.1) is 5.92 Å². The van der Waals surface area contributed by atoms with Gasteiger partial charge < -0.3 is 10.1 Å². The van der Waals surface area contributed by atoms with E-state index in [1.165, 1.54) is 11.1 Å². The van der Waals surface area contributed by atoms with Gasteiger partial charge in [-0.3, -0.25) is 0 Å². The van der Waals surface area contributed by atoms with Gasteiger partial charge in [-0.05, 0) is 36.1 Å². The van der Waals surface area contributed by atoms with Gasteiger partial charge in [0.2, 0.25) is 0 Å². The van der Waals surface area contributed by atoms with E-state index in [1.807, 2.05) is 13.1 Å². The molecular weight excluding hydrogens is 210 g/mol. The Morgan fingerprint density at radius 1 is 1.35 bits per heavy atom. The van der Waals surface area contributed by atoms with E-state index in [0.717, 1.165) is 17.9 Å². The van der Waals surface area contributed by atoms with Gasteiger partial charge in [0.05, 0.1) is 7.11 Å². The predicted molar refractivity (Wildman–Crippen MR) is 73.4 cm³/mol. The van der Waals surface area contributed by atoms with Crippen molar-refractivity contribution in [3.05, 3.63) is 42.0 Å². The van der Waals surface area contributed by atoms with E-state index in [2.05, 4.69) is 42.6 Å². The summed E-state index contributed by atoms with van der Waals surface area (Å²) >= 11 is 0. The molecule has 1 N–H and O–H groups in total. The Kier molecular flexibility index (Phi) is 3.52. The maximum atomic E-state index is 5.30. The number of hydrogen-bond donors (Lipinski definition) is 1. The second-order valence-corrected chi connectivity index (χ2v) is 4.42. The number of allylic oxidation sites excluding steroid dienone is 4. The van der Waals surface area contributed by atoms with Crippen LogP contribution in [0.4, 0.5) is 5.69 Å². The zero-order valence-corrected chi connectivity index (χ0v) is 10.7. The van der Waals surface area contributed by atoms with Crippen molar-refractivity contribution in [3.63, 3.8) is 0 Å². The average molecular weight is 229 g/mol. The number of nitrogens with one attached hydrogen (secondary N) is 1. The first-order valence-electron chi connectivity index (χ1n) is 5.98. The number of anilines is 1. The summed E-state index contributed by atoms with van der Waals surface area (Å²) in [5.41, 5.74) is 3.76. The van der Waals surface area contributed by atoms with Crippen molar-refractivity contribution in [1.29, 1.82) is 0 Å². The maximum absolute atomic E-state index is 5.30. The lowest BCUT2D eigenvalue weighted by molar-refractivity contribution is 0.414. The summed E-state index contributed by atoms with van der Waals surface area (Å²) in [6.45, 7) is 2.24. The minimum absolute atomic E-state index is 0.603. The summed E-state index contributed by atoms with van der Waals surface area (Å²) < 4.78 is 5.30. The Balaban J connectivity index is 2.42. The van der Waals surface area contributed by atoms with Gasteiger partial charge in [-0.15, -0.1) is 0 Å². The van der Waals surface area contributed by atoms with E-state index in [4.69, 9.17) is 4.74 Å². The van der Waals surface area contributed by atoms with Gasteiger partial charge in [0.15, 0.2) is 0 Å². The van der Waals surface area contributed by atoms with Gasteiger partial charge in [0, 0.05) is 18.3 Å². The average Bonchev–Trinajstić information content (AvgIpc) is 2.38. The van der Waals surface area contributed by atoms with Gasteiger partial charge >= 0.3 is 0 Å². The zero-order chi connectivity index (χ0) is 12.3. The largest absolute Gasteiger partial charge is 0.497 e. The number of ether oxygens (including phenoxy) is 1. The molecule has 2 rings (SSSR count). The highest BCUT2D eigenvalue weighted by atomic mass is 16.5. The van der Waals surface area contributed by atoms with E-state index >= 15 is 0 Å². The van der Waals surface area contributed by atoms with Gasteiger partial charge in [-0.1, -0.05) is 25.2 Å². The van der Waals surface area contributed by atoms with Crippen LogP contribution in [0.1, 0.15) is 18.9 Å². The van der Waals surface area contributed by atoms with Crippen LogP contribution < -0.4 is 10.1 Å². The molecule has 0 amide bonds. The molecule has 1 aliphatic carbocycles. The van der Waals surface area contributed by atoms with Crippen LogP contribution in [-0.2, 0) is 0 Å². The molecular formula is C15H19NO. The number of rotatable bonds is 3. The second kappa shape index (κ2) is 5.09. The van der Waals surface area contributed by atoms with Crippen molar-refractivity contribution in [1.82, 2.24) is 0 Å². The summed E-state index contributed by atoms with van der Waals surface area (Å²) in [7, 11) is 3.66. The topological polar surface area (TPSA) is 21.3 Å². The lowest BCUT2D eigenvalue weighted by Gasteiger charge is -2.18. The van der Waals surface area contributed by atoms with Crippen LogP contribution >= 0.6 is 0 Å². The quantitative estimate of drug-likeness (QED) is 0.853. The Morgan fingerprint density at radius 3 is 2.82 bits per heavy atom. The van der Waals surface area contributed by atoms with E-state index in [0.29, 0.717) is 5.92 Å². The van der Waals surface area contributed by atoms with Crippen molar-refractivity contribution >= 4 is 11.3 Å². The summed E-state index contributed by atoms with van der Waals surface area (Å²) in [5.74, 6) is 1.51. The standard InChI is InChI=1S/C15H19NO/c1-11-5-4-6-12(9-11)14-10-13(17-3)7-8-15(14)16-2/h4-8,10-11,16H,9H2,1-3H3. The van der Waals surface area contributed by atoms with Crippen molar-refractivity contribution in [3.8, 4) is 5.75 Å². The lowest BCUT2D eigenvalue weighted by atomic mass is 9.90. The molecule has 17 heavy (non-hydrogen) atoms. The van der Waals surface area contributed by atoms with Gasteiger partial charge in [0.25, 0.3) is 0 Å². The first-order valence-corrected chi connectivity index (χ1v) is 5.98. The van der Waals surface area contributed by atoms with Crippen LogP contribution in [0.15, 0.2) is 36.4 Å². The summed E-state index contributed by atoms with van der Waals surface area (Å²) in [6.07, 6.45) is 7.65. The maximum Gasteiger partial charge on any atom is 0.119 e. The molecule has 0 aliphatic heterocycles. The number of hydrogen-bond acceptors (Lipinski definition) is 2. The Morgan fingerprint density at radius 2 is 2.18 bits per heavy atom. The number of methoxy groups -OCH3 is 1. The molecule has 90 valence electrons. The molecule has 0 saturated carbocycles. The van der Waals surface area contributed by atoms with E-state index in [9.17, 15) is 0 Å². The van der Waals surface area contributed by atoms with E-state index in [1.54, 1.807) is 7.11 Å². The third-order valence-electron chi connectivity index (χ3n) is 3.12. The second-order valence-electron chi connectivity index (χ2n) is 4.42. The molecule has 1 aromatic carbocycles. The molecule has 0 fully saturated rings. The Labute approximate surface area is 103 Å². The minimum atomic E-state index is 0.603. The lowest BCUT2D eigenvalue weighted by Crippen LogP contribution is -2.01. The van der Waals surface area contributed by atoms with Gasteiger partial charge in [-0.25, -0.2) is 0 Å². The van der Waals surface area contributed by atoms with Crippen molar-refractivity contribution in [2.75, 3.05) is 19.5 Å². The fourth-order valence-electron chi connectivity index (χ4n) is 2.18. The third-order valence-corrected chi connectivity index (χ3v) is 3.12. The van der Waals surface area contributed by atoms with Crippen molar-refractivity contribution in [2.24, 2.45) is 5.92 Å². The van der Waals surface area contributed by atoms with Crippen LogP contribution in [0.2, 0.25) is 0 Å². The highest BCUT2D eigenvalue weighted by Gasteiger charge is 2.12. The van der Waals surface area contributed by atoms with Crippen molar-refractivity contribution < 1.29 is 4.74 Å². The Bertz CT molecular complexity index is 460. The molecule has 1 unspecified atom stereocenters. The molecule has 1 aromatic rings. The molecule has 0 spiro atoms. The molecule has 0 heterocycles. The molecule has 0 radical (unpaired) electrons. The summed E-state index contributed by atoms with van der Waals surface area (Å²) in [4.78, 5) is 0. The molecule has 0 bridgehead atoms. The van der Waals surface area contributed by atoms with E-state index in [-0.39, 0.29) is 0 Å². The first kappa shape index (κ1) is 11.8. The van der Waals surface area contributed by atoms with Crippen LogP contribution in [-0.4, -0.2) is 14.2 Å². The Hall–Kier alpha value is -1.70. The van der Waals surface area contributed by atoms with Crippen LogP contribution in [0.3, 0.4) is 0 Å². The highest BCUT2D eigenvalue weighted by molar-refractivity contribution is 5.79. The predicted octanol–water partition coefficient (Wildman–Crippen LogP) is 3.72. The summed E-state index contributed by atoms with van der Waals surface area (Å²) in [5, 5.41) is 3.24. The molecule has 2 nitrogen and oxygen atoms in total. The third kappa shape index (κ3) is 2.52. The normalized spacial score (nSPS) is 18.8.